The van der Waals surface area contributed by atoms with Gasteiger partial charge in [-0.15, -0.1) is 0 Å². The molecule has 27 heavy (non-hydrogen) atoms. The van der Waals surface area contributed by atoms with Gasteiger partial charge in [-0.3, -0.25) is 9.20 Å². The molecule has 0 unspecified atom stereocenters. The Morgan fingerprint density at radius 2 is 1.67 bits per heavy atom. The van der Waals surface area contributed by atoms with Crippen LogP contribution >= 0.6 is 10.2 Å². The number of fused-ring (bicyclic) bond motifs is 1. The molecule has 0 radical (unpaired) electrons. The zero-order chi connectivity index (χ0) is 20.1. The summed E-state index contributed by atoms with van der Waals surface area (Å²) in [6.45, 7) is 3.61. The van der Waals surface area contributed by atoms with Crippen LogP contribution in [0.3, 0.4) is 0 Å². The van der Waals surface area contributed by atoms with Gasteiger partial charge in [-0.1, -0.05) is 31.6 Å². The molecular weight excluding hydrogens is 387 g/mol. The van der Waals surface area contributed by atoms with E-state index in [0.29, 0.717) is 34.7 Å². The lowest BCUT2D eigenvalue weighted by atomic mass is 10.1. The molecule has 0 atom stereocenters. The van der Waals surface area contributed by atoms with E-state index in [-0.39, 0.29) is 18.6 Å². The maximum absolute atomic E-state index is 12.7. The van der Waals surface area contributed by atoms with Crippen LogP contribution < -0.4 is 0 Å². The van der Waals surface area contributed by atoms with Crippen LogP contribution in [0.25, 0.3) is 5.65 Å². The second-order valence-electron chi connectivity index (χ2n) is 6.51. The molecule has 0 aliphatic carbocycles. The Kier molecular flexibility index (Phi) is 3.97. The number of rotatable bonds is 5. The van der Waals surface area contributed by atoms with Gasteiger partial charge >= 0.3 is 10.2 Å². The molecule has 2 heterocycles. The van der Waals surface area contributed by atoms with Crippen LogP contribution in [0.5, 0.6) is 0 Å². The van der Waals surface area contributed by atoms with Gasteiger partial charge in [0.2, 0.25) is 0 Å². The van der Waals surface area contributed by atoms with Crippen LogP contribution in [0.4, 0.5) is 19.4 Å². The fraction of sp³-hybridized carbons (Fsp3) is 0.222. The number of nitrogens with zero attached hydrogens (tertiary/aromatic N) is 2. The molecule has 0 aliphatic rings. The number of hydrogen-bond donors (Lipinski definition) is 0. The fourth-order valence-corrected chi connectivity index (χ4v) is 3.54. The first-order chi connectivity index (χ1) is 12.2. The smallest absolute Gasteiger partial charge is 0.297 e. The first-order valence-corrected chi connectivity index (χ1v) is 10.0. The van der Waals surface area contributed by atoms with Crippen LogP contribution in [0, 0.1) is 13.8 Å². The van der Waals surface area contributed by atoms with Crippen molar-refractivity contribution < 1.29 is 24.2 Å². The Morgan fingerprint density at radius 1 is 1.04 bits per heavy atom. The van der Waals surface area contributed by atoms with Gasteiger partial charge in [0.15, 0.2) is 5.78 Å². The lowest BCUT2D eigenvalue weighted by Gasteiger charge is -2.40. The van der Waals surface area contributed by atoms with Crippen molar-refractivity contribution in [3.8, 4) is 0 Å². The third kappa shape index (κ3) is 4.13. The molecule has 0 amide bonds. The van der Waals surface area contributed by atoms with Gasteiger partial charge in [0, 0.05) is 12.6 Å². The van der Waals surface area contributed by atoms with E-state index >= 15 is 0 Å². The third-order valence-corrected chi connectivity index (χ3v) is 5.39. The molecule has 0 saturated heterocycles. The second kappa shape index (κ2) is 5.54. The number of aryl methyl sites for hydroxylation is 3. The normalized spacial score (nSPS) is 14.8. The molecule has 3 rings (SSSR count). The molecule has 2 aromatic heterocycles. The Hall–Kier alpha value is -2.42. The average Bonchev–Trinajstić information content (AvgIpc) is 2.85. The lowest BCUT2D eigenvalue weighted by Crippen LogP contribution is -2.08. The van der Waals surface area contributed by atoms with E-state index in [2.05, 4.69) is 4.98 Å². The second-order valence-corrected chi connectivity index (χ2v) is 8.92. The molecule has 0 spiro atoms. The zero-order valence-electron chi connectivity index (χ0n) is 14.6. The van der Waals surface area contributed by atoms with Gasteiger partial charge < -0.3 is 0 Å². The van der Waals surface area contributed by atoms with E-state index in [9.17, 15) is 24.2 Å². The number of aromatic nitrogens is 2. The highest BCUT2D eigenvalue weighted by atomic mass is 32.5. The van der Waals surface area contributed by atoms with Crippen molar-refractivity contribution in [1.82, 2.24) is 9.38 Å². The van der Waals surface area contributed by atoms with Gasteiger partial charge in [-0.05, 0) is 55.7 Å². The van der Waals surface area contributed by atoms with Crippen LogP contribution in [-0.4, -0.2) is 15.2 Å². The maximum Gasteiger partial charge on any atom is 0.310 e. The molecule has 1 aromatic carbocycles. The molecule has 0 aliphatic heterocycles. The van der Waals surface area contributed by atoms with Crippen molar-refractivity contribution in [2.45, 2.75) is 31.6 Å². The van der Waals surface area contributed by atoms with Crippen LogP contribution in [-0.2, 0) is 6.42 Å². The highest BCUT2D eigenvalue weighted by molar-refractivity contribution is 8.45. The van der Waals surface area contributed by atoms with E-state index in [4.69, 9.17) is 0 Å². The largest absolute Gasteiger partial charge is 0.310 e. The number of Topliss-reactive ketones (excluding diaryl/α,β-unsaturated/α-hetero) is 1. The van der Waals surface area contributed by atoms with E-state index in [1.54, 1.807) is 17.5 Å². The van der Waals surface area contributed by atoms with E-state index < -0.39 is 15.1 Å². The Bertz CT molecular complexity index is 1040. The average molecular weight is 404 g/mol. The number of hydrogen-bond acceptors (Lipinski definition) is 2. The van der Waals surface area contributed by atoms with Crippen molar-refractivity contribution in [2.75, 3.05) is 0 Å². The summed E-state index contributed by atoms with van der Waals surface area (Å²) in [4.78, 5) is 15.0. The standard InChI is InChI=1S/C18H17F5N2OS/c1-12-9-10-25-17(11-12)24-13(2)18(25)16(26)8-5-14-3-6-15(7-4-14)27(19,20,21,22)23/h3-4,6-7,9-11H,5,8H2,1-2H3. The maximum atomic E-state index is 12.7. The monoisotopic (exact) mass is 404 g/mol. The van der Waals surface area contributed by atoms with Crippen LogP contribution in [0.1, 0.15) is 33.7 Å². The minimum atomic E-state index is -9.67. The van der Waals surface area contributed by atoms with Crippen molar-refractivity contribution in [2.24, 2.45) is 0 Å². The highest BCUT2D eigenvalue weighted by Crippen LogP contribution is 3.02. The van der Waals surface area contributed by atoms with Crippen molar-refractivity contribution in [1.29, 1.82) is 0 Å². The number of halogens is 5. The molecule has 3 aromatic rings. The minimum Gasteiger partial charge on any atom is -0.297 e. The summed E-state index contributed by atoms with van der Waals surface area (Å²) in [6, 6.07) is 6.36. The SMILES string of the molecule is Cc1ccn2c(C(=O)CCc3ccc(S(F)(F)(F)(F)F)cc3)c(C)nc2c1. The van der Waals surface area contributed by atoms with Crippen molar-refractivity contribution in [3.05, 3.63) is 65.1 Å². The van der Waals surface area contributed by atoms with E-state index in [1.807, 2.05) is 19.1 Å². The number of imidazole rings is 1. The third-order valence-electron chi connectivity index (χ3n) is 4.23. The van der Waals surface area contributed by atoms with Gasteiger partial charge in [0.1, 0.15) is 16.2 Å². The van der Waals surface area contributed by atoms with Crippen molar-refractivity contribution in [3.63, 3.8) is 0 Å². The summed E-state index contributed by atoms with van der Waals surface area (Å²) >= 11 is 0. The minimum absolute atomic E-state index is 0.0261. The molecule has 0 fully saturated rings. The van der Waals surface area contributed by atoms with Gasteiger partial charge in [0.05, 0.1) is 5.69 Å². The first-order valence-electron chi connectivity index (χ1n) is 8.06. The number of ketones is 1. The predicted molar refractivity (Wildman–Crippen MR) is 95.2 cm³/mol. The molecule has 9 heteroatoms. The predicted octanol–water partition coefficient (Wildman–Crippen LogP) is 6.42. The topological polar surface area (TPSA) is 34.4 Å². The number of carbonyl (C=O) groups excluding carboxylic acids is 1. The molecule has 0 N–H and O–H groups in total. The number of carbonyl (C=O) groups is 1. The first kappa shape index (κ1) is 19.3. The highest BCUT2D eigenvalue weighted by Gasteiger charge is 2.65. The molecule has 3 nitrogen and oxygen atoms in total. The van der Waals surface area contributed by atoms with E-state index in [0.717, 1.165) is 17.7 Å². The number of pyridine rings is 1. The molecular formula is C18H17F5N2OS. The quantitative estimate of drug-likeness (QED) is 0.363. The van der Waals surface area contributed by atoms with Gasteiger partial charge in [-0.2, -0.15) is 0 Å². The summed E-state index contributed by atoms with van der Waals surface area (Å²) in [7, 11) is -9.67. The Labute approximate surface area is 152 Å². The van der Waals surface area contributed by atoms with E-state index in [1.165, 1.54) is 0 Å². The summed E-state index contributed by atoms with van der Waals surface area (Å²) in [5.74, 6) is -0.222. The van der Waals surface area contributed by atoms with Crippen molar-refractivity contribution >= 4 is 21.7 Å². The Morgan fingerprint density at radius 3 is 2.26 bits per heavy atom. The molecule has 146 valence electrons. The Balaban J connectivity index is 1.78. The fourth-order valence-electron chi connectivity index (χ4n) is 2.89. The summed E-state index contributed by atoms with van der Waals surface area (Å²) in [6.07, 6.45) is 1.90. The molecule has 0 bridgehead atoms. The number of benzene rings is 1. The summed E-state index contributed by atoms with van der Waals surface area (Å²) < 4.78 is 65.4. The molecule has 0 saturated carbocycles. The zero-order valence-corrected chi connectivity index (χ0v) is 15.4. The van der Waals surface area contributed by atoms with Crippen LogP contribution in [0.2, 0.25) is 0 Å². The van der Waals surface area contributed by atoms with Gasteiger partial charge in [0.25, 0.3) is 0 Å². The van der Waals surface area contributed by atoms with Gasteiger partial charge in [-0.25, -0.2) is 4.98 Å². The summed E-state index contributed by atoms with van der Waals surface area (Å²) in [5, 5.41) is 0. The summed E-state index contributed by atoms with van der Waals surface area (Å²) in [5.41, 5.74) is 2.97. The van der Waals surface area contributed by atoms with Crippen LogP contribution in [0.15, 0.2) is 47.5 Å². The lowest BCUT2D eigenvalue weighted by molar-refractivity contribution is 0.0976.